The Morgan fingerprint density at radius 3 is 2.33 bits per heavy atom. The van der Waals surface area contributed by atoms with Gasteiger partial charge in [0, 0.05) is 24.8 Å². The van der Waals surface area contributed by atoms with Gasteiger partial charge in [0.15, 0.2) is 12.4 Å². The van der Waals surface area contributed by atoms with Gasteiger partial charge in [0.05, 0.1) is 24.0 Å². The van der Waals surface area contributed by atoms with Gasteiger partial charge in [-0.1, -0.05) is 12.1 Å². The van der Waals surface area contributed by atoms with Crippen molar-refractivity contribution in [3.05, 3.63) is 64.7 Å². The molecule has 0 aliphatic carbocycles. The lowest BCUT2D eigenvalue weighted by molar-refractivity contribution is -0.142. The number of ketones is 1. The monoisotopic (exact) mass is 406 g/mol. The zero-order valence-corrected chi connectivity index (χ0v) is 16.2. The maximum Gasteiger partial charge on any atom is 0.308 e. The van der Waals surface area contributed by atoms with E-state index in [2.05, 4.69) is 0 Å². The summed E-state index contributed by atoms with van der Waals surface area (Å²) in [4.78, 5) is 63.2. The van der Waals surface area contributed by atoms with Crippen molar-refractivity contribution in [3.63, 3.8) is 0 Å². The third kappa shape index (κ3) is 3.36. The number of fused-ring (bicyclic) bond motifs is 2. The number of likely N-dealkylation sites (N-methyl/N-ethyl adjacent to an activating group) is 1. The van der Waals surface area contributed by atoms with Gasteiger partial charge < -0.3 is 9.64 Å². The number of benzene rings is 2. The first-order valence-corrected chi connectivity index (χ1v) is 9.40. The van der Waals surface area contributed by atoms with Gasteiger partial charge in [-0.15, -0.1) is 0 Å². The number of carbonyl (C=O) groups is 5. The van der Waals surface area contributed by atoms with Crippen LogP contribution in [0, 0.1) is 0 Å². The number of amides is 3. The molecule has 0 spiro atoms. The molecule has 0 saturated carbocycles. The van der Waals surface area contributed by atoms with Crippen molar-refractivity contribution in [3.8, 4) is 0 Å². The number of imide groups is 1. The minimum absolute atomic E-state index is 0.0471. The van der Waals surface area contributed by atoms with Crippen LogP contribution in [0.5, 0.6) is 0 Å². The van der Waals surface area contributed by atoms with E-state index in [1.807, 2.05) is 0 Å². The van der Waals surface area contributed by atoms with E-state index >= 15 is 0 Å². The molecule has 0 fully saturated rings. The van der Waals surface area contributed by atoms with E-state index in [1.54, 1.807) is 49.5 Å². The number of carbonyl (C=O) groups excluding carboxylic acids is 5. The van der Waals surface area contributed by atoms with Crippen LogP contribution in [-0.2, 0) is 20.7 Å². The molecular formula is C22H18N2O6. The molecule has 8 nitrogen and oxygen atoms in total. The predicted molar refractivity (Wildman–Crippen MR) is 105 cm³/mol. The van der Waals surface area contributed by atoms with Gasteiger partial charge in [-0.3, -0.25) is 28.9 Å². The number of hydrogen-bond acceptors (Lipinski definition) is 6. The Morgan fingerprint density at radius 1 is 1.00 bits per heavy atom. The molecule has 152 valence electrons. The van der Waals surface area contributed by atoms with Gasteiger partial charge in [-0.2, -0.15) is 0 Å². The number of nitrogens with zero attached hydrogens (tertiary/aromatic N) is 2. The molecule has 2 aromatic rings. The fourth-order valence-corrected chi connectivity index (χ4v) is 3.59. The highest BCUT2D eigenvalue weighted by molar-refractivity contribution is 6.21. The normalized spacial score (nSPS) is 14.8. The van der Waals surface area contributed by atoms with Crippen molar-refractivity contribution < 1.29 is 28.7 Å². The molecule has 3 amide bonds. The maximum absolute atomic E-state index is 12.3. The molecule has 0 bridgehead atoms. The van der Waals surface area contributed by atoms with Gasteiger partial charge >= 0.3 is 5.97 Å². The van der Waals surface area contributed by atoms with E-state index in [9.17, 15) is 24.0 Å². The maximum atomic E-state index is 12.3. The smallest absolute Gasteiger partial charge is 0.308 e. The van der Waals surface area contributed by atoms with E-state index in [-0.39, 0.29) is 25.3 Å². The lowest BCUT2D eigenvalue weighted by Gasteiger charge is -2.13. The van der Waals surface area contributed by atoms with E-state index in [0.29, 0.717) is 16.7 Å². The van der Waals surface area contributed by atoms with Crippen LogP contribution in [0.25, 0.3) is 0 Å². The number of ether oxygens (including phenoxy) is 1. The van der Waals surface area contributed by atoms with Crippen LogP contribution >= 0.6 is 0 Å². The second-order valence-corrected chi connectivity index (χ2v) is 7.11. The SMILES string of the molecule is CN1C(=O)Cc2cc(C(=O)COC(=O)CCN3C(=O)c4ccccc4C3=O)ccc21. The Hall–Kier alpha value is -3.81. The van der Waals surface area contributed by atoms with Gasteiger partial charge in [0.2, 0.25) is 5.91 Å². The molecule has 0 unspecified atom stereocenters. The number of rotatable bonds is 6. The zero-order chi connectivity index (χ0) is 21.4. The fourth-order valence-electron chi connectivity index (χ4n) is 3.59. The average molecular weight is 406 g/mol. The van der Waals surface area contributed by atoms with Crippen molar-refractivity contribution in [2.75, 3.05) is 25.1 Å². The third-order valence-corrected chi connectivity index (χ3v) is 5.26. The highest BCUT2D eigenvalue weighted by Gasteiger charge is 2.35. The number of hydrogen-bond donors (Lipinski definition) is 0. The molecule has 30 heavy (non-hydrogen) atoms. The van der Waals surface area contributed by atoms with E-state index in [4.69, 9.17) is 4.74 Å². The van der Waals surface area contributed by atoms with Crippen molar-refractivity contribution in [2.45, 2.75) is 12.8 Å². The van der Waals surface area contributed by atoms with Gasteiger partial charge in [0.25, 0.3) is 11.8 Å². The minimum atomic E-state index is -0.684. The summed E-state index contributed by atoms with van der Waals surface area (Å²) in [7, 11) is 1.67. The zero-order valence-electron chi connectivity index (χ0n) is 16.2. The second kappa shape index (κ2) is 7.55. The summed E-state index contributed by atoms with van der Waals surface area (Å²) in [5, 5.41) is 0. The van der Waals surface area contributed by atoms with Crippen molar-refractivity contribution in [1.29, 1.82) is 0 Å². The molecule has 2 heterocycles. The molecule has 4 rings (SSSR count). The number of Topliss-reactive ketones (excluding diaryl/α,β-unsaturated/α-hetero) is 1. The lowest BCUT2D eigenvalue weighted by atomic mass is 10.1. The Kier molecular flexibility index (Phi) is 4.91. The minimum Gasteiger partial charge on any atom is -0.457 e. The molecule has 0 saturated heterocycles. The van der Waals surface area contributed by atoms with Crippen molar-refractivity contribution in [2.24, 2.45) is 0 Å². The first-order valence-electron chi connectivity index (χ1n) is 9.40. The summed E-state index contributed by atoms with van der Waals surface area (Å²) in [6, 6.07) is 11.4. The number of anilines is 1. The third-order valence-electron chi connectivity index (χ3n) is 5.26. The molecule has 0 aromatic heterocycles. The first kappa shape index (κ1) is 19.5. The molecule has 2 aliphatic rings. The highest BCUT2D eigenvalue weighted by Crippen LogP contribution is 2.28. The van der Waals surface area contributed by atoms with Crippen LogP contribution < -0.4 is 4.90 Å². The lowest BCUT2D eigenvalue weighted by Crippen LogP contribution is -2.32. The van der Waals surface area contributed by atoms with Crippen LogP contribution in [0.1, 0.15) is 43.1 Å². The summed E-state index contributed by atoms with van der Waals surface area (Å²) in [6.07, 6.45) is 0.0231. The van der Waals surface area contributed by atoms with Crippen molar-refractivity contribution in [1.82, 2.24) is 4.90 Å². The molecule has 8 heteroatoms. The topological polar surface area (TPSA) is 101 Å². The van der Waals surface area contributed by atoms with Crippen LogP contribution in [-0.4, -0.2) is 54.6 Å². The molecular weight excluding hydrogens is 388 g/mol. The van der Waals surface area contributed by atoms with Crippen LogP contribution in [0.15, 0.2) is 42.5 Å². The molecule has 0 N–H and O–H groups in total. The molecule has 0 radical (unpaired) electrons. The van der Waals surface area contributed by atoms with E-state index < -0.39 is 30.2 Å². The van der Waals surface area contributed by atoms with Crippen LogP contribution in [0.2, 0.25) is 0 Å². The highest BCUT2D eigenvalue weighted by atomic mass is 16.5. The fraction of sp³-hybridized carbons (Fsp3) is 0.227. The summed E-state index contributed by atoms with van der Waals surface area (Å²) < 4.78 is 5.01. The van der Waals surface area contributed by atoms with Crippen LogP contribution in [0.3, 0.4) is 0 Å². The molecule has 2 aromatic carbocycles. The summed E-state index contributed by atoms with van der Waals surface area (Å²) in [6.45, 7) is -0.573. The van der Waals surface area contributed by atoms with Gasteiger partial charge in [0.1, 0.15) is 0 Å². The standard InChI is InChI=1S/C22H18N2O6/c1-23-17-7-6-13(10-14(17)11-19(23)26)18(25)12-30-20(27)8-9-24-21(28)15-4-2-3-5-16(15)22(24)29/h2-7,10H,8-9,11-12H2,1H3. The predicted octanol–water partition coefficient (Wildman–Crippen LogP) is 1.62. The van der Waals surface area contributed by atoms with Gasteiger partial charge in [-0.05, 0) is 35.9 Å². The van der Waals surface area contributed by atoms with E-state index in [1.165, 1.54) is 4.90 Å². The summed E-state index contributed by atoms with van der Waals surface area (Å²) >= 11 is 0. The average Bonchev–Trinajstić information content (AvgIpc) is 3.17. The first-order chi connectivity index (χ1) is 14.4. The van der Waals surface area contributed by atoms with Crippen molar-refractivity contribution >= 4 is 35.2 Å². The molecule has 2 aliphatic heterocycles. The largest absolute Gasteiger partial charge is 0.457 e. The Bertz CT molecular complexity index is 1070. The summed E-state index contributed by atoms with van der Waals surface area (Å²) in [5.41, 5.74) is 2.49. The molecule has 0 atom stereocenters. The quantitative estimate of drug-likeness (QED) is 0.411. The van der Waals surface area contributed by atoms with Crippen LogP contribution in [0.4, 0.5) is 5.69 Å². The second-order valence-electron chi connectivity index (χ2n) is 7.11. The Labute approximate surface area is 172 Å². The Morgan fingerprint density at radius 2 is 1.67 bits per heavy atom. The van der Waals surface area contributed by atoms with Gasteiger partial charge in [-0.25, -0.2) is 0 Å². The number of esters is 1. The summed E-state index contributed by atoms with van der Waals surface area (Å²) in [5.74, 6) is -2.02. The Balaban J connectivity index is 1.30. The van der Waals surface area contributed by atoms with E-state index in [0.717, 1.165) is 16.2 Å².